The number of pyridine rings is 1. The number of aromatic nitrogens is 1. The molecular weight excluding hydrogens is 284 g/mol. The second-order valence-electron chi connectivity index (χ2n) is 4.07. The van der Waals surface area contributed by atoms with Crippen LogP contribution in [0.2, 0.25) is 5.15 Å². The molecule has 104 valence electrons. The van der Waals surface area contributed by atoms with Crippen molar-refractivity contribution in [2.75, 3.05) is 6.61 Å². The van der Waals surface area contributed by atoms with Gasteiger partial charge < -0.3 is 15.5 Å². The number of aliphatic hydroxyl groups is 1. The van der Waals surface area contributed by atoms with Crippen molar-refractivity contribution in [1.29, 1.82) is 0 Å². The lowest BCUT2D eigenvalue weighted by Crippen LogP contribution is -2.43. The first-order valence-electron chi connectivity index (χ1n) is 5.72. The second kappa shape index (κ2) is 5.85. The topological polar surface area (TPSA) is 99.5 Å². The summed E-state index contributed by atoms with van der Waals surface area (Å²) in [5.74, 6) is -2.04. The van der Waals surface area contributed by atoms with Crippen LogP contribution in [0.1, 0.15) is 10.5 Å². The highest BCUT2D eigenvalue weighted by Crippen LogP contribution is 2.22. The number of rotatable bonds is 4. The van der Waals surface area contributed by atoms with Gasteiger partial charge in [-0.25, -0.2) is 9.78 Å². The van der Waals surface area contributed by atoms with Gasteiger partial charge in [0.2, 0.25) is 0 Å². The lowest BCUT2D eigenvalue weighted by atomic mass is 10.1. The second-order valence-corrected chi connectivity index (χ2v) is 4.42. The Bertz CT molecular complexity index is 674. The molecule has 6 nitrogen and oxygen atoms in total. The van der Waals surface area contributed by atoms with E-state index in [0.29, 0.717) is 10.8 Å². The molecule has 20 heavy (non-hydrogen) atoms. The number of aliphatic hydroxyl groups excluding tert-OH is 1. The van der Waals surface area contributed by atoms with Crippen molar-refractivity contribution >= 4 is 34.2 Å². The SMILES string of the molecule is O=C(NC(CO)C(=O)O)c1cc2ccccc2c(Cl)n1. The molecule has 0 bridgehead atoms. The van der Waals surface area contributed by atoms with Crippen molar-refractivity contribution in [3.8, 4) is 0 Å². The van der Waals surface area contributed by atoms with Gasteiger partial charge in [-0.1, -0.05) is 35.9 Å². The molecule has 0 saturated heterocycles. The van der Waals surface area contributed by atoms with E-state index in [1.54, 1.807) is 24.3 Å². The summed E-state index contributed by atoms with van der Waals surface area (Å²) in [5.41, 5.74) is -0.00611. The Morgan fingerprint density at radius 1 is 1.35 bits per heavy atom. The molecule has 2 aromatic rings. The summed E-state index contributed by atoms with van der Waals surface area (Å²) in [4.78, 5) is 26.6. The maximum Gasteiger partial charge on any atom is 0.328 e. The van der Waals surface area contributed by atoms with Gasteiger partial charge in [0.15, 0.2) is 6.04 Å². The third kappa shape index (κ3) is 2.87. The lowest BCUT2D eigenvalue weighted by molar-refractivity contribution is -0.140. The van der Waals surface area contributed by atoms with Crippen molar-refractivity contribution in [3.63, 3.8) is 0 Å². The summed E-state index contributed by atoms with van der Waals surface area (Å²) in [6.45, 7) is -0.706. The first-order chi connectivity index (χ1) is 9.52. The zero-order valence-corrected chi connectivity index (χ0v) is 11.0. The Morgan fingerprint density at radius 3 is 2.70 bits per heavy atom. The quantitative estimate of drug-likeness (QED) is 0.732. The van der Waals surface area contributed by atoms with Crippen LogP contribution in [0.5, 0.6) is 0 Å². The molecule has 1 atom stereocenters. The number of carbonyl (C=O) groups is 2. The predicted molar refractivity (Wildman–Crippen MR) is 72.7 cm³/mol. The van der Waals surface area contributed by atoms with Crippen molar-refractivity contribution in [2.45, 2.75) is 6.04 Å². The Kier molecular flexibility index (Phi) is 4.16. The van der Waals surface area contributed by atoms with Crippen LogP contribution in [0, 0.1) is 0 Å². The summed E-state index contributed by atoms with van der Waals surface area (Å²) in [7, 11) is 0. The summed E-state index contributed by atoms with van der Waals surface area (Å²) >= 11 is 5.98. The van der Waals surface area contributed by atoms with Gasteiger partial charge in [-0.05, 0) is 11.5 Å². The number of carboxylic acid groups (broad SMARTS) is 1. The van der Waals surface area contributed by atoms with Crippen LogP contribution in [-0.4, -0.2) is 39.7 Å². The molecule has 1 heterocycles. The maximum absolute atomic E-state index is 11.9. The van der Waals surface area contributed by atoms with E-state index in [0.717, 1.165) is 0 Å². The summed E-state index contributed by atoms with van der Waals surface area (Å²) < 4.78 is 0. The molecule has 1 aromatic carbocycles. The van der Waals surface area contributed by atoms with Crippen LogP contribution in [0.15, 0.2) is 30.3 Å². The van der Waals surface area contributed by atoms with Crippen LogP contribution < -0.4 is 5.32 Å². The van der Waals surface area contributed by atoms with Gasteiger partial charge >= 0.3 is 5.97 Å². The fourth-order valence-corrected chi connectivity index (χ4v) is 1.95. The maximum atomic E-state index is 11.9. The molecular formula is C13H11ClN2O4. The highest BCUT2D eigenvalue weighted by molar-refractivity contribution is 6.34. The van der Waals surface area contributed by atoms with E-state index in [-0.39, 0.29) is 10.8 Å². The minimum absolute atomic E-state index is 0.00611. The molecule has 7 heteroatoms. The number of benzene rings is 1. The number of aliphatic carboxylic acids is 1. The van der Waals surface area contributed by atoms with E-state index >= 15 is 0 Å². The van der Waals surface area contributed by atoms with Crippen LogP contribution in [-0.2, 0) is 4.79 Å². The van der Waals surface area contributed by atoms with Crippen molar-refractivity contribution in [2.24, 2.45) is 0 Å². The molecule has 3 N–H and O–H groups in total. The minimum atomic E-state index is -1.38. The van der Waals surface area contributed by atoms with Crippen LogP contribution in [0.4, 0.5) is 0 Å². The molecule has 0 fully saturated rings. The number of halogens is 1. The van der Waals surface area contributed by atoms with Crippen LogP contribution in [0.25, 0.3) is 10.8 Å². The number of carboxylic acids is 1. The molecule has 2 rings (SSSR count). The molecule has 0 aliphatic carbocycles. The van der Waals surface area contributed by atoms with E-state index in [1.807, 2.05) is 0 Å². The number of hydrogen-bond donors (Lipinski definition) is 3. The Morgan fingerprint density at radius 2 is 2.05 bits per heavy atom. The predicted octanol–water partition coefficient (Wildman–Crippen LogP) is 1.06. The molecule has 1 amide bonds. The molecule has 0 saturated carbocycles. The van der Waals surface area contributed by atoms with Gasteiger partial charge in [0.25, 0.3) is 5.91 Å². The Labute approximate surface area is 119 Å². The fourth-order valence-electron chi connectivity index (χ4n) is 1.69. The number of amides is 1. The molecule has 1 unspecified atom stereocenters. The smallest absolute Gasteiger partial charge is 0.328 e. The van der Waals surface area contributed by atoms with E-state index in [2.05, 4.69) is 10.3 Å². The van der Waals surface area contributed by atoms with Gasteiger partial charge in [-0.2, -0.15) is 0 Å². The fraction of sp³-hybridized carbons (Fsp3) is 0.154. The Hall–Kier alpha value is -2.18. The van der Waals surface area contributed by atoms with E-state index < -0.39 is 24.5 Å². The number of hydrogen-bond acceptors (Lipinski definition) is 4. The highest BCUT2D eigenvalue weighted by Gasteiger charge is 2.20. The standard InChI is InChI=1S/C13H11ClN2O4/c14-11-8-4-2-1-3-7(8)5-9(15-11)12(18)16-10(6-17)13(19)20/h1-5,10,17H,6H2,(H,16,18)(H,19,20). The minimum Gasteiger partial charge on any atom is -0.480 e. The summed E-state index contributed by atoms with van der Waals surface area (Å²) in [6, 6.07) is 7.23. The van der Waals surface area contributed by atoms with Crippen molar-refractivity contribution in [3.05, 3.63) is 41.2 Å². The normalized spacial score (nSPS) is 12.1. The average Bonchev–Trinajstić information content (AvgIpc) is 2.44. The first kappa shape index (κ1) is 14.2. The Balaban J connectivity index is 2.33. The first-order valence-corrected chi connectivity index (χ1v) is 6.10. The van der Waals surface area contributed by atoms with E-state index in [4.69, 9.17) is 21.8 Å². The third-order valence-electron chi connectivity index (χ3n) is 2.71. The largest absolute Gasteiger partial charge is 0.480 e. The highest BCUT2D eigenvalue weighted by atomic mass is 35.5. The molecule has 0 radical (unpaired) electrons. The monoisotopic (exact) mass is 294 g/mol. The third-order valence-corrected chi connectivity index (χ3v) is 3.00. The van der Waals surface area contributed by atoms with Gasteiger partial charge in [-0.3, -0.25) is 4.79 Å². The number of fused-ring (bicyclic) bond motifs is 1. The van der Waals surface area contributed by atoms with E-state index in [1.165, 1.54) is 6.07 Å². The van der Waals surface area contributed by atoms with Gasteiger partial charge in [0.1, 0.15) is 10.8 Å². The number of nitrogens with zero attached hydrogens (tertiary/aromatic N) is 1. The molecule has 0 spiro atoms. The summed E-state index contributed by atoms with van der Waals surface area (Å²) in [6.07, 6.45) is 0. The van der Waals surface area contributed by atoms with Crippen molar-refractivity contribution in [1.82, 2.24) is 10.3 Å². The molecule has 1 aromatic heterocycles. The zero-order chi connectivity index (χ0) is 14.7. The summed E-state index contributed by atoms with van der Waals surface area (Å²) in [5, 5.41) is 21.4. The van der Waals surface area contributed by atoms with Gasteiger partial charge in [-0.15, -0.1) is 0 Å². The molecule has 0 aliphatic rings. The zero-order valence-electron chi connectivity index (χ0n) is 10.2. The van der Waals surface area contributed by atoms with Gasteiger partial charge in [0.05, 0.1) is 6.61 Å². The van der Waals surface area contributed by atoms with Gasteiger partial charge in [0, 0.05) is 5.39 Å². The number of carbonyl (C=O) groups excluding carboxylic acids is 1. The average molecular weight is 295 g/mol. The number of nitrogens with one attached hydrogen (secondary N) is 1. The lowest BCUT2D eigenvalue weighted by Gasteiger charge is -2.11. The van der Waals surface area contributed by atoms with Crippen LogP contribution in [0.3, 0.4) is 0 Å². The van der Waals surface area contributed by atoms with Crippen LogP contribution >= 0.6 is 11.6 Å². The van der Waals surface area contributed by atoms with E-state index in [9.17, 15) is 9.59 Å². The molecule has 0 aliphatic heterocycles. The van der Waals surface area contributed by atoms with Crippen molar-refractivity contribution < 1.29 is 19.8 Å².